The van der Waals surface area contributed by atoms with Gasteiger partial charge in [0.2, 0.25) is 0 Å². The smallest absolute Gasteiger partial charge is 0.123 e. The van der Waals surface area contributed by atoms with Crippen LogP contribution in [-0.2, 0) is 11.2 Å². The number of benzene rings is 1. The molecule has 1 aromatic rings. The maximum absolute atomic E-state index is 13.2. The Kier molecular flexibility index (Phi) is 8.47. The quantitative estimate of drug-likeness (QED) is 0.661. The summed E-state index contributed by atoms with van der Waals surface area (Å²) >= 11 is 0. The van der Waals surface area contributed by atoms with Gasteiger partial charge in [-0.1, -0.05) is 26.0 Å². The van der Waals surface area contributed by atoms with Gasteiger partial charge in [0.15, 0.2) is 0 Å². The molecule has 0 aliphatic carbocycles. The van der Waals surface area contributed by atoms with E-state index in [9.17, 15) is 4.39 Å². The molecule has 1 rings (SSSR count). The maximum atomic E-state index is 13.2. The van der Waals surface area contributed by atoms with Crippen molar-refractivity contribution < 1.29 is 9.13 Å². The van der Waals surface area contributed by atoms with Gasteiger partial charge in [-0.25, -0.2) is 4.39 Å². The average Bonchev–Trinajstić information content (AvgIpc) is 2.38. The Hall–Kier alpha value is -0.930. The van der Waals surface area contributed by atoms with Gasteiger partial charge in [0.05, 0.1) is 0 Å². The largest absolute Gasteiger partial charge is 0.382 e. The fraction of sp³-hybridized carbons (Fsp3) is 0.647. The van der Waals surface area contributed by atoms with E-state index >= 15 is 0 Å². The first kappa shape index (κ1) is 17.1. The predicted octanol–water partition coefficient (Wildman–Crippen LogP) is 3.66. The van der Waals surface area contributed by atoms with E-state index in [1.165, 1.54) is 6.07 Å². The molecule has 0 bridgehead atoms. The van der Waals surface area contributed by atoms with Crippen molar-refractivity contribution >= 4 is 0 Å². The summed E-state index contributed by atoms with van der Waals surface area (Å²) in [6.07, 6.45) is 1.91. The number of ether oxygens (including phenoxy) is 1. The van der Waals surface area contributed by atoms with Gasteiger partial charge in [0, 0.05) is 13.2 Å². The van der Waals surface area contributed by atoms with Crippen molar-refractivity contribution in [3.05, 3.63) is 35.6 Å². The molecule has 0 saturated carbocycles. The first-order valence-corrected chi connectivity index (χ1v) is 7.64. The molecule has 1 unspecified atom stereocenters. The van der Waals surface area contributed by atoms with Gasteiger partial charge in [-0.05, 0) is 62.4 Å². The zero-order valence-electron chi connectivity index (χ0n) is 13.0. The number of halogens is 1. The van der Waals surface area contributed by atoms with Crippen LogP contribution in [0.25, 0.3) is 0 Å². The van der Waals surface area contributed by atoms with Crippen molar-refractivity contribution in [2.24, 2.45) is 11.8 Å². The monoisotopic (exact) mass is 281 g/mol. The standard InChI is InChI=1S/C17H28FNO/c1-4-20-9-8-16(13-19-12-14(2)3)10-15-6-5-7-17(18)11-15/h5-7,11,14,16,19H,4,8-10,12-13H2,1-3H3. The zero-order chi connectivity index (χ0) is 14.8. The van der Waals surface area contributed by atoms with Gasteiger partial charge in [-0.2, -0.15) is 0 Å². The van der Waals surface area contributed by atoms with Crippen LogP contribution in [0.5, 0.6) is 0 Å². The molecular weight excluding hydrogens is 253 g/mol. The second-order valence-corrected chi connectivity index (χ2v) is 5.74. The summed E-state index contributed by atoms with van der Waals surface area (Å²) in [4.78, 5) is 0. The van der Waals surface area contributed by atoms with Gasteiger partial charge in [-0.3, -0.25) is 0 Å². The van der Waals surface area contributed by atoms with Crippen LogP contribution < -0.4 is 5.32 Å². The molecular formula is C17H28FNO. The molecule has 114 valence electrons. The molecule has 1 atom stereocenters. The van der Waals surface area contributed by atoms with Gasteiger partial charge < -0.3 is 10.1 Å². The average molecular weight is 281 g/mol. The van der Waals surface area contributed by atoms with E-state index in [1.54, 1.807) is 12.1 Å². The van der Waals surface area contributed by atoms with Crippen molar-refractivity contribution in [2.75, 3.05) is 26.3 Å². The molecule has 20 heavy (non-hydrogen) atoms. The van der Waals surface area contributed by atoms with Crippen molar-refractivity contribution in [2.45, 2.75) is 33.6 Å². The minimum absolute atomic E-state index is 0.152. The summed E-state index contributed by atoms with van der Waals surface area (Å²) in [5.74, 6) is 0.986. The Morgan fingerprint density at radius 2 is 2.05 bits per heavy atom. The van der Waals surface area contributed by atoms with Crippen LogP contribution in [0.1, 0.15) is 32.8 Å². The second-order valence-electron chi connectivity index (χ2n) is 5.74. The summed E-state index contributed by atoms with van der Waals surface area (Å²) < 4.78 is 18.7. The highest BCUT2D eigenvalue weighted by Gasteiger charge is 2.10. The van der Waals surface area contributed by atoms with Crippen LogP contribution in [0.15, 0.2) is 24.3 Å². The summed E-state index contributed by atoms with van der Waals surface area (Å²) in [5.41, 5.74) is 1.07. The van der Waals surface area contributed by atoms with E-state index < -0.39 is 0 Å². The topological polar surface area (TPSA) is 21.3 Å². The van der Waals surface area contributed by atoms with E-state index in [0.717, 1.165) is 44.7 Å². The number of rotatable bonds is 10. The molecule has 0 saturated heterocycles. The van der Waals surface area contributed by atoms with Gasteiger partial charge in [0.25, 0.3) is 0 Å². The third kappa shape index (κ3) is 7.61. The normalized spacial score (nSPS) is 12.8. The SMILES string of the molecule is CCOCCC(CNCC(C)C)Cc1cccc(F)c1. The highest BCUT2D eigenvalue weighted by atomic mass is 19.1. The Morgan fingerprint density at radius 3 is 2.70 bits per heavy atom. The first-order valence-electron chi connectivity index (χ1n) is 7.64. The van der Waals surface area contributed by atoms with Gasteiger partial charge in [0.1, 0.15) is 5.82 Å². The van der Waals surface area contributed by atoms with Gasteiger partial charge in [-0.15, -0.1) is 0 Å². The fourth-order valence-electron chi connectivity index (χ4n) is 2.24. The lowest BCUT2D eigenvalue weighted by Gasteiger charge is -2.18. The zero-order valence-corrected chi connectivity index (χ0v) is 13.0. The van der Waals surface area contributed by atoms with Crippen molar-refractivity contribution in [3.63, 3.8) is 0 Å². The molecule has 0 amide bonds. The van der Waals surface area contributed by atoms with Crippen molar-refractivity contribution in [1.82, 2.24) is 5.32 Å². The molecule has 0 fully saturated rings. The van der Waals surface area contributed by atoms with E-state index in [-0.39, 0.29) is 5.82 Å². The number of nitrogens with one attached hydrogen (secondary N) is 1. The molecule has 3 heteroatoms. The van der Waals surface area contributed by atoms with E-state index in [0.29, 0.717) is 11.8 Å². The molecule has 0 aliphatic heterocycles. The van der Waals surface area contributed by atoms with Crippen LogP contribution in [0.3, 0.4) is 0 Å². The van der Waals surface area contributed by atoms with Gasteiger partial charge >= 0.3 is 0 Å². The summed E-state index contributed by atoms with van der Waals surface area (Å²) in [6, 6.07) is 6.91. The van der Waals surface area contributed by atoms with Crippen LogP contribution in [0.4, 0.5) is 4.39 Å². The molecule has 1 aromatic carbocycles. The van der Waals surface area contributed by atoms with E-state index in [2.05, 4.69) is 19.2 Å². The Bertz CT molecular complexity index is 368. The summed E-state index contributed by atoms with van der Waals surface area (Å²) in [5, 5.41) is 3.50. The maximum Gasteiger partial charge on any atom is 0.123 e. The van der Waals surface area contributed by atoms with Crippen molar-refractivity contribution in [1.29, 1.82) is 0 Å². The van der Waals surface area contributed by atoms with Crippen LogP contribution >= 0.6 is 0 Å². The van der Waals surface area contributed by atoms with Crippen LogP contribution in [0.2, 0.25) is 0 Å². The lowest BCUT2D eigenvalue weighted by molar-refractivity contribution is 0.131. The predicted molar refractivity (Wildman–Crippen MR) is 82.4 cm³/mol. The summed E-state index contributed by atoms with van der Waals surface area (Å²) in [7, 11) is 0. The second kappa shape index (κ2) is 9.89. The molecule has 0 heterocycles. The molecule has 0 radical (unpaired) electrons. The minimum Gasteiger partial charge on any atom is -0.382 e. The third-order valence-electron chi connectivity index (χ3n) is 3.27. The highest BCUT2D eigenvalue weighted by Crippen LogP contribution is 2.13. The Labute approximate surface area is 122 Å². The number of hydrogen-bond acceptors (Lipinski definition) is 2. The fourth-order valence-corrected chi connectivity index (χ4v) is 2.24. The van der Waals surface area contributed by atoms with Crippen LogP contribution in [0, 0.1) is 17.7 Å². The lowest BCUT2D eigenvalue weighted by atomic mass is 9.96. The molecule has 0 spiro atoms. The molecule has 2 nitrogen and oxygen atoms in total. The summed E-state index contributed by atoms with van der Waals surface area (Å²) in [6.45, 7) is 9.93. The highest BCUT2D eigenvalue weighted by molar-refractivity contribution is 5.16. The molecule has 0 aliphatic rings. The van der Waals surface area contributed by atoms with Crippen molar-refractivity contribution in [3.8, 4) is 0 Å². The molecule has 1 N–H and O–H groups in total. The van der Waals surface area contributed by atoms with E-state index in [1.807, 2.05) is 13.0 Å². The van der Waals surface area contributed by atoms with Crippen LogP contribution in [-0.4, -0.2) is 26.3 Å². The third-order valence-corrected chi connectivity index (χ3v) is 3.27. The molecule has 0 aromatic heterocycles. The Morgan fingerprint density at radius 1 is 1.25 bits per heavy atom. The Balaban J connectivity index is 2.47. The first-order chi connectivity index (χ1) is 9.61. The lowest BCUT2D eigenvalue weighted by Crippen LogP contribution is -2.28. The number of hydrogen-bond donors (Lipinski definition) is 1. The van der Waals surface area contributed by atoms with E-state index in [4.69, 9.17) is 4.74 Å². The minimum atomic E-state index is -0.152.